The van der Waals surface area contributed by atoms with E-state index in [0.717, 1.165) is 24.5 Å². The highest BCUT2D eigenvalue weighted by Gasteiger charge is 2.16. The molecule has 0 saturated carbocycles. The molecule has 0 bridgehead atoms. The minimum absolute atomic E-state index is 0.110. The van der Waals surface area contributed by atoms with Crippen LogP contribution in [0.4, 0.5) is 0 Å². The molecule has 0 saturated heterocycles. The van der Waals surface area contributed by atoms with Gasteiger partial charge in [0.1, 0.15) is 6.33 Å². The largest absolute Gasteiger partial charge is 0.350 e. The Labute approximate surface area is 141 Å². The molecule has 0 spiro atoms. The smallest absolute Gasteiger partial charge is 0.251 e. The molecular weight excluding hydrogens is 302 g/mol. The molecule has 124 valence electrons. The average Bonchev–Trinajstić information content (AvgIpc) is 3.26. The highest BCUT2D eigenvalue weighted by Crippen LogP contribution is 2.12. The highest BCUT2D eigenvalue weighted by atomic mass is 16.1. The summed E-state index contributed by atoms with van der Waals surface area (Å²) in [6.07, 6.45) is 5.71. The Morgan fingerprint density at radius 2 is 1.92 bits per heavy atom. The first-order chi connectivity index (χ1) is 11.7. The standard InChI is InChI=1S/C18H21N5O/c1-3-23-13-19-21-17(23)14(2)20-18(24)16-8-6-15(7-9-16)12-22-10-4-5-11-22/h4-11,13-14H,3,12H2,1-2H3,(H,20,24). The number of benzene rings is 1. The van der Waals surface area contributed by atoms with Crippen molar-refractivity contribution in [2.45, 2.75) is 33.0 Å². The average molecular weight is 323 g/mol. The van der Waals surface area contributed by atoms with Crippen molar-refractivity contribution in [3.63, 3.8) is 0 Å². The number of aromatic nitrogens is 4. The topological polar surface area (TPSA) is 64.7 Å². The Bertz CT molecular complexity index is 789. The molecule has 3 rings (SSSR count). The zero-order valence-corrected chi connectivity index (χ0v) is 13.9. The number of nitrogens with one attached hydrogen (secondary N) is 1. The molecule has 0 aliphatic carbocycles. The summed E-state index contributed by atoms with van der Waals surface area (Å²) in [6.45, 7) is 5.50. The number of carbonyl (C=O) groups excluding carboxylic acids is 1. The minimum atomic E-state index is -0.195. The number of nitrogens with zero attached hydrogens (tertiary/aromatic N) is 4. The Morgan fingerprint density at radius 1 is 1.21 bits per heavy atom. The van der Waals surface area contributed by atoms with Crippen molar-refractivity contribution in [2.24, 2.45) is 0 Å². The third-order valence-electron chi connectivity index (χ3n) is 3.97. The van der Waals surface area contributed by atoms with Crippen LogP contribution in [0.3, 0.4) is 0 Å². The maximum absolute atomic E-state index is 12.4. The van der Waals surface area contributed by atoms with Gasteiger partial charge in [-0.15, -0.1) is 10.2 Å². The van der Waals surface area contributed by atoms with Gasteiger partial charge in [0, 0.05) is 31.0 Å². The van der Waals surface area contributed by atoms with Gasteiger partial charge in [-0.1, -0.05) is 12.1 Å². The van der Waals surface area contributed by atoms with E-state index in [1.807, 2.05) is 67.2 Å². The zero-order chi connectivity index (χ0) is 16.9. The van der Waals surface area contributed by atoms with Gasteiger partial charge in [0.15, 0.2) is 5.82 Å². The monoisotopic (exact) mass is 323 g/mol. The molecule has 1 amide bonds. The van der Waals surface area contributed by atoms with Gasteiger partial charge in [-0.05, 0) is 43.7 Å². The number of aryl methyl sites for hydroxylation is 1. The van der Waals surface area contributed by atoms with Crippen LogP contribution in [0.2, 0.25) is 0 Å². The first-order valence-electron chi connectivity index (χ1n) is 8.05. The van der Waals surface area contributed by atoms with Gasteiger partial charge in [-0.3, -0.25) is 4.79 Å². The molecule has 0 radical (unpaired) electrons. The van der Waals surface area contributed by atoms with E-state index in [9.17, 15) is 4.79 Å². The van der Waals surface area contributed by atoms with Gasteiger partial charge >= 0.3 is 0 Å². The Morgan fingerprint density at radius 3 is 2.58 bits per heavy atom. The Hall–Kier alpha value is -2.89. The van der Waals surface area contributed by atoms with E-state index < -0.39 is 0 Å². The van der Waals surface area contributed by atoms with E-state index in [-0.39, 0.29) is 11.9 Å². The van der Waals surface area contributed by atoms with Crippen LogP contribution in [0.25, 0.3) is 0 Å². The second-order valence-corrected chi connectivity index (χ2v) is 5.72. The van der Waals surface area contributed by atoms with E-state index in [1.165, 1.54) is 0 Å². The molecule has 3 aromatic rings. The molecule has 6 heteroatoms. The summed E-state index contributed by atoms with van der Waals surface area (Å²) in [4.78, 5) is 12.4. The first-order valence-corrected chi connectivity index (χ1v) is 8.05. The van der Waals surface area contributed by atoms with Gasteiger partial charge in [0.05, 0.1) is 6.04 Å². The predicted octanol–water partition coefficient (Wildman–Crippen LogP) is 2.64. The van der Waals surface area contributed by atoms with Crippen molar-refractivity contribution in [3.8, 4) is 0 Å². The first kappa shape index (κ1) is 16.0. The van der Waals surface area contributed by atoms with Crippen LogP contribution >= 0.6 is 0 Å². The van der Waals surface area contributed by atoms with Crippen molar-refractivity contribution >= 4 is 5.91 Å². The van der Waals surface area contributed by atoms with Gasteiger partial charge in [0.2, 0.25) is 0 Å². The van der Waals surface area contributed by atoms with Crippen LogP contribution in [0, 0.1) is 0 Å². The van der Waals surface area contributed by atoms with Crippen molar-refractivity contribution in [1.29, 1.82) is 0 Å². The summed E-state index contributed by atoms with van der Waals surface area (Å²) in [6, 6.07) is 11.5. The number of rotatable bonds is 6. The molecule has 0 fully saturated rings. The number of carbonyl (C=O) groups is 1. The van der Waals surface area contributed by atoms with E-state index in [4.69, 9.17) is 0 Å². The Balaban J connectivity index is 1.64. The summed E-state index contributed by atoms with van der Waals surface area (Å²) >= 11 is 0. The van der Waals surface area contributed by atoms with Crippen LogP contribution in [-0.4, -0.2) is 25.2 Å². The van der Waals surface area contributed by atoms with Crippen molar-refractivity contribution in [2.75, 3.05) is 0 Å². The highest BCUT2D eigenvalue weighted by molar-refractivity contribution is 5.94. The number of amides is 1. The van der Waals surface area contributed by atoms with Crippen LogP contribution < -0.4 is 5.32 Å². The van der Waals surface area contributed by atoms with E-state index in [1.54, 1.807) is 6.33 Å². The predicted molar refractivity (Wildman–Crippen MR) is 91.6 cm³/mol. The minimum Gasteiger partial charge on any atom is -0.350 e. The molecule has 0 aliphatic heterocycles. The summed E-state index contributed by atoms with van der Waals surface area (Å²) in [5, 5.41) is 11.0. The van der Waals surface area contributed by atoms with E-state index in [0.29, 0.717) is 5.56 Å². The summed E-state index contributed by atoms with van der Waals surface area (Å²) in [7, 11) is 0. The SMILES string of the molecule is CCn1cnnc1C(C)NC(=O)c1ccc(Cn2cccc2)cc1. The zero-order valence-electron chi connectivity index (χ0n) is 13.9. The van der Waals surface area contributed by atoms with Crippen molar-refractivity contribution < 1.29 is 4.79 Å². The molecule has 2 aromatic heterocycles. The molecule has 2 heterocycles. The molecule has 1 aromatic carbocycles. The quantitative estimate of drug-likeness (QED) is 0.758. The molecule has 0 aliphatic rings. The summed E-state index contributed by atoms with van der Waals surface area (Å²) in [5.41, 5.74) is 1.79. The second kappa shape index (κ2) is 7.12. The normalized spacial score (nSPS) is 12.1. The fraction of sp³-hybridized carbons (Fsp3) is 0.278. The third-order valence-corrected chi connectivity index (χ3v) is 3.97. The fourth-order valence-electron chi connectivity index (χ4n) is 2.64. The van der Waals surface area contributed by atoms with Gasteiger partial charge in [-0.25, -0.2) is 0 Å². The molecular formula is C18H21N5O. The van der Waals surface area contributed by atoms with Crippen molar-refractivity contribution in [3.05, 3.63) is 72.1 Å². The van der Waals surface area contributed by atoms with Crippen LogP contribution in [0.1, 0.15) is 41.6 Å². The van der Waals surface area contributed by atoms with Crippen LogP contribution in [0.15, 0.2) is 55.1 Å². The lowest BCUT2D eigenvalue weighted by Crippen LogP contribution is -2.28. The van der Waals surface area contributed by atoms with E-state index in [2.05, 4.69) is 20.1 Å². The van der Waals surface area contributed by atoms with Gasteiger partial charge in [0.25, 0.3) is 5.91 Å². The van der Waals surface area contributed by atoms with Crippen LogP contribution in [0.5, 0.6) is 0 Å². The number of hydrogen-bond donors (Lipinski definition) is 1. The maximum atomic E-state index is 12.4. The third kappa shape index (κ3) is 3.53. The summed E-state index contributed by atoms with van der Waals surface area (Å²) in [5.74, 6) is 0.649. The summed E-state index contributed by atoms with van der Waals surface area (Å²) < 4.78 is 4.01. The molecule has 1 N–H and O–H groups in total. The fourth-order valence-corrected chi connectivity index (χ4v) is 2.64. The lowest BCUT2D eigenvalue weighted by Gasteiger charge is -2.14. The van der Waals surface area contributed by atoms with E-state index >= 15 is 0 Å². The van der Waals surface area contributed by atoms with Gasteiger partial charge in [-0.2, -0.15) is 0 Å². The molecule has 1 atom stereocenters. The second-order valence-electron chi connectivity index (χ2n) is 5.72. The lowest BCUT2D eigenvalue weighted by molar-refractivity contribution is 0.0937. The molecule has 1 unspecified atom stereocenters. The maximum Gasteiger partial charge on any atom is 0.251 e. The number of hydrogen-bond acceptors (Lipinski definition) is 3. The van der Waals surface area contributed by atoms with Crippen molar-refractivity contribution in [1.82, 2.24) is 24.6 Å². The van der Waals surface area contributed by atoms with Gasteiger partial charge < -0.3 is 14.5 Å². The lowest BCUT2D eigenvalue weighted by atomic mass is 10.1. The molecule has 6 nitrogen and oxygen atoms in total. The molecule has 24 heavy (non-hydrogen) atoms. The van der Waals surface area contributed by atoms with Crippen LogP contribution in [-0.2, 0) is 13.1 Å². The Kier molecular flexibility index (Phi) is 4.74.